The first kappa shape index (κ1) is 23.7. The second-order valence-corrected chi connectivity index (χ2v) is 9.32. The number of fused-ring (bicyclic) bond motifs is 1. The van der Waals surface area contributed by atoms with Crippen LogP contribution in [0.2, 0.25) is 0 Å². The summed E-state index contributed by atoms with van der Waals surface area (Å²) in [6.45, 7) is 2.89. The lowest BCUT2D eigenvalue weighted by Gasteiger charge is -2.38. The summed E-state index contributed by atoms with van der Waals surface area (Å²) in [7, 11) is 1.69. The zero-order chi connectivity index (χ0) is 25.9. The van der Waals surface area contributed by atoms with E-state index in [1.165, 1.54) is 0 Å². The number of tetrazole rings is 1. The van der Waals surface area contributed by atoms with E-state index in [-0.39, 0.29) is 18.5 Å². The number of allylic oxidation sites excluding steroid dienone is 1. The Kier molecular flexibility index (Phi) is 6.47. The predicted molar refractivity (Wildman–Crippen MR) is 146 cm³/mol. The average Bonchev–Trinajstić information content (AvgIpc) is 3.48. The van der Waals surface area contributed by atoms with E-state index in [2.05, 4.69) is 56.8 Å². The molecule has 0 radical (unpaired) electrons. The Morgan fingerprint density at radius 2 is 1.58 bits per heavy atom. The lowest BCUT2D eigenvalue weighted by molar-refractivity contribution is -0.129. The lowest BCUT2D eigenvalue weighted by Crippen LogP contribution is -2.51. The monoisotopic (exact) mass is 507 g/mol. The van der Waals surface area contributed by atoms with Crippen LogP contribution in [-0.2, 0) is 4.79 Å². The molecule has 4 aromatic rings. The average molecular weight is 508 g/mol. The molecule has 9 nitrogen and oxygen atoms in total. The maximum Gasteiger partial charge on any atom is 0.251 e. The highest BCUT2D eigenvalue weighted by Gasteiger charge is 2.33. The van der Waals surface area contributed by atoms with Crippen LogP contribution in [0.4, 0.5) is 11.6 Å². The van der Waals surface area contributed by atoms with Crippen LogP contribution < -0.4 is 14.5 Å². The molecule has 1 atom stereocenters. The summed E-state index contributed by atoms with van der Waals surface area (Å²) < 4.78 is 7.32. The van der Waals surface area contributed by atoms with Crippen LogP contribution >= 0.6 is 0 Å². The topological polar surface area (TPSA) is 79.6 Å². The van der Waals surface area contributed by atoms with Gasteiger partial charge in [-0.05, 0) is 39.8 Å². The number of hydrogen-bond donors (Lipinski definition) is 0. The number of para-hydroxylation sites is 2. The van der Waals surface area contributed by atoms with E-state index in [0.29, 0.717) is 19.0 Å². The number of hydrogen-bond acceptors (Lipinski definition) is 7. The van der Waals surface area contributed by atoms with Crippen LogP contribution in [0.15, 0.2) is 91.0 Å². The highest BCUT2D eigenvalue weighted by Crippen LogP contribution is 2.36. The normalized spacial score (nSPS) is 17.1. The molecule has 3 heterocycles. The maximum atomic E-state index is 13.6. The molecule has 2 aliphatic rings. The Labute approximate surface area is 221 Å². The molecule has 0 spiro atoms. The van der Waals surface area contributed by atoms with E-state index in [0.717, 1.165) is 41.4 Å². The zero-order valence-electron chi connectivity index (χ0n) is 21.2. The maximum absolute atomic E-state index is 13.6. The van der Waals surface area contributed by atoms with Crippen molar-refractivity contribution >= 4 is 23.2 Å². The van der Waals surface area contributed by atoms with Crippen molar-refractivity contribution in [3.63, 3.8) is 0 Å². The molecular formula is C29H29N7O2. The number of aromatic nitrogens is 4. The van der Waals surface area contributed by atoms with Gasteiger partial charge in [0.05, 0.1) is 18.5 Å². The molecule has 3 aromatic carbocycles. The quantitative estimate of drug-likeness (QED) is 0.395. The van der Waals surface area contributed by atoms with Crippen LogP contribution in [0.5, 0.6) is 5.75 Å². The van der Waals surface area contributed by atoms with Gasteiger partial charge in [-0.1, -0.05) is 77.9 Å². The minimum atomic E-state index is -0.174. The number of piperazine rings is 1. The molecular weight excluding hydrogens is 478 g/mol. The van der Waals surface area contributed by atoms with Gasteiger partial charge in [-0.15, -0.1) is 0 Å². The summed E-state index contributed by atoms with van der Waals surface area (Å²) in [6.07, 6.45) is 2.14. The first-order valence-corrected chi connectivity index (χ1v) is 12.8. The number of rotatable bonds is 6. The molecule has 0 bridgehead atoms. The van der Waals surface area contributed by atoms with Crippen molar-refractivity contribution in [3.05, 3.63) is 102 Å². The van der Waals surface area contributed by atoms with Crippen molar-refractivity contribution in [2.75, 3.05) is 49.6 Å². The number of amides is 1. The van der Waals surface area contributed by atoms with Gasteiger partial charge < -0.3 is 14.5 Å². The van der Waals surface area contributed by atoms with E-state index < -0.39 is 0 Å². The van der Waals surface area contributed by atoms with Crippen molar-refractivity contribution in [1.82, 2.24) is 25.1 Å². The molecule has 0 N–H and O–H groups in total. The molecule has 0 saturated carbocycles. The van der Waals surface area contributed by atoms with Crippen LogP contribution in [-0.4, -0.2) is 70.8 Å². The minimum absolute atomic E-state index is 0.0409. The third kappa shape index (κ3) is 4.47. The largest absolute Gasteiger partial charge is 0.495 e. The Hall–Kier alpha value is -4.66. The summed E-state index contributed by atoms with van der Waals surface area (Å²) in [4.78, 5) is 19.8. The van der Waals surface area contributed by atoms with Crippen molar-refractivity contribution in [3.8, 4) is 5.75 Å². The van der Waals surface area contributed by atoms with Gasteiger partial charge in [-0.3, -0.25) is 9.69 Å². The number of methoxy groups -OCH3 is 1. The van der Waals surface area contributed by atoms with E-state index >= 15 is 0 Å². The third-order valence-electron chi connectivity index (χ3n) is 7.15. The van der Waals surface area contributed by atoms with Crippen LogP contribution in [0.25, 0.3) is 5.70 Å². The molecule has 1 unspecified atom stereocenters. The molecule has 0 aliphatic carbocycles. The van der Waals surface area contributed by atoms with E-state index in [1.807, 2.05) is 64.4 Å². The number of carbonyl (C=O) groups is 1. The van der Waals surface area contributed by atoms with Crippen LogP contribution in [0.1, 0.15) is 17.2 Å². The summed E-state index contributed by atoms with van der Waals surface area (Å²) in [5.41, 5.74) is 4.06. The number of carbonyl (C=O) groups excluding carboxylic acids is 1. The summed E-state index contributed by atoms with van der Waals surface area (Å²) in [5.74, 6) is 1.44. The van der Waals surface area contributed by atoms with Gasteiger partial charge in [0.15, 0.2) is 0 Å². The van der Waals surface area contributed by atoms with E-state index in [4.69, 9.17) is 4.74 Å². The van der Waals surface area contributed by atoms with Crippen molar-refractivity contribution in [2.24, 2.45) is 0 Å². The molecule has 6 rings (SSSR count). The van der Waals surface area contributed by atoms with Crippen molar-refractivity contribution in [2.45, 2.75) is 6.04 Å². The molecule has 1 fully saturated rings. The van der Waals surface area contributed by atoms with Gasteiger partial charge in [0.25, 0.3) is 5.95 Å². The summed E-state index contributed by atoms with van der Waals surface area (Å²) >= 11 is 0. The van der Waals surface area contributed by atoms with Crippen molar-refractivity contribution < 1.29 is 9.53 Å². The summed E-state index contributed by atoms with van der Waals surface area (Å²) in [5, 5.41) is 12.6. The van der Waals surface area contributed by atoms with Gasteiger partial charge in [0.1, 0.15) is 18.3 Å². The number of benzene rings is 3. The van der Waals surface area contributed by atoms with E-state index in [1.54, 1.807) is 11.8 Å². The molecule has 38 heavy (non-hydrogen) atoms. The Morgan fingerprint density at radius 1 is 0.895 bits per heavy atom. The Bertz CT molecular complexity index is 1430. The smallest absolute Gasteiger partial charge is 0.251 e. The predicted octanol–water partition coefficient (Wildman–Crippen LogP) is 3.48. The fraction of sp³-hybridized carbons (Fsp3) is 0.241. The standard InChI is InChI=1S/C29H29N7O2/c1-38-27-15-9-8-14-24(27)33-16-18-34(19-17-33)28(37)21-35-25(22-10-4-2-5-11-22)20-26(23-12-6-3-7-13-23)36-29(35)30-31-32-36/h2-15,20,26H,16-19,21H2,1H3. The summed E-state index contributed by atoms with van der Waals surface area (Å²) in [6, 6.07) is 28.1. The Balaban J connectivity index is 1.25. The second-order valence-electron chi connectivity index (χ2n) is 9.32. The molecule has 2 aliphatic heterocycles. The van der Waals surface area contributed by atoms with Gasteiger partial charge in [-0.2, -0.15) is 4.68 Å². The molecule has 192 valence electrons. The number of nitrogens with zero attached hydrogens (tertiary/aromatic N) is 7. The fourth-order valence-electron chi connectivity index (χ4n) is 5.19. The molecule has 9 heteroatoms. The second kappa shape index (κ2) is 10.4. The van der Waals surface area contributed by atoms with Crippen molar-refractivity contribution in [1.29, 1.82) is 0 Å². The van der Waals surface area contributed by atoms with Gasteiger partial charge in [0, 0.05) is 26.2 Å². The lowest BCUT2D eigenvalue weighted by atomic mass is 10.0. The Morgan fingerprint density at radius 3 is 2.32 bits per heavy atom. The highest BCUT2D eigenvalue weighted by molar-refractivity contribution is 5.89. The van der Waals surface area contributed by atoms with Crippen LogP contribution in [0.3, 0.4) is 0 Å². The molecule has 1 saturated heterocycles. The first-order valence-electron chi connectivity index (χ1n) is 12.8. The fourth-order valence-corrected chi connectivity index (χ4v) is 5.19. The third-order valence-corrected chi connectivity index (χ3v) is 7.15. The number of anilines is 2. The molecule has 1 amide bonds. The van der Waals surface area contributed by atoms with Crippen LogP contribution in [0, 0.1) is 0 Å². The molecule has 1 aromatic heterocycles. The van der Waals surface area contributed by atoms with Gasteiger partial charge in [0.2, 0.25) is 5.91 Å². The zero-order valence-corrected chi connectivity index (χ0v) is 21.2. The first-order chi connectivity index (χ1) is 18.7. The van der Waals surface area contributed by atoms with Gasteiger partial charge in [-0.25, -0.2) is 0 Å². The SMILES string of the molecule is COc1ccccc1N1CCN(C(=O)CN2C(c3ccccc3)=CC(c3ccccc3)n3nnnc32)CC1. The van der Waals surface area contributed by atoms with Gasteiger partial charge >= 0.3 is 0 Å². The highest BCUT2D eigenvalue weighted by atomic mass is 16.5. The minimum Gasteiger partial charge on any atom is -0.495 e. The van der Waals surface area contributed by atoms with E-state index in [9.17, 15) is 4.79 Å². The number of ether oxygens (including phenoxy) is 1.